The van der Waals surface area contributed by atoms with Gasteiger partial charge in [-0.3, -0.25) is 4.21 Å². The molecule has 1 rings (SSSR count). The molecule has 6 nitrogen and oxygen atoms in total. The number of aliphatic carboxylic acids is 1. The van der Waals surface area contributed by atoms with E-state index in [0.29, 0.717) is 31.6 Å². The van der Waals surface area contributed by atoms with Crippen LogP contribution in [0, 0.1) is 0 Å². The second-order valence-corrected chi connectivity index (χ2v) is 6.16. The Labute approximate surface area is 109 Å². The zero-order valence-corrected chi connectivity index (χ0v) is 11.3. The predicted octanol–water partition coefficient (Wildman–Crippen LogP) is 0.452. The van der Waals surface area contributed by atoms with Crippen molar-refractivity contribution in [3.8, 4) is 0 Å². The van der Waals surface area contributed by atoms with Gasteiger partial charge in [-0.15, -0.1) is 0 Å². The molecule has 0 aliphatic heterocycles. The standard InChI is InChI=1S/C11H20N2O4S/c1-18(17)8-4-7-12-10(16)13-11(9(14)15)5-2-3-6-11/h2-8H2,1H3,(H,14,15)(H2,12,13,16). The van der Waals surface area contributed by atoms with Crippen LogP contribution in [0.4, 0.5) is 4.79 Å². The summed E-state index contributed by atoms with van der Waals surface area (Å²) >= 11 is 0. The molecule has 18 heavy (non-hydrogen) atoms. The SMILES string of the molecule is CS(=O)CCCNC(=O)NC1(C(=O)O)CCCC1. The average molecular weight is 276 g/mol. The van der Waals surface area contributed by atoms with Gasteiger partial charge >= 0.3 is 12.0 Å². The molecule has 0 heterocycles. The molecule has 1 atom stereocenters. The molecule has 2 amide bonds. The van der Waals surface area contributed by atoms with Crippen LogP contribution in [0.1, 0.15) is 32.1 Å². The minimum Gasteiger partial charge on any atom is -0.480 e. The van der Waals surface area contributed by atoms with Crippen LogP contribution in [0.3, 0.4) is 0 Å². The van der Waals surface area contributed by atoms with Gasteiger partial charge in [-0.05, 0) is 19.3 Å². The van der Waals surface area contributed by atoms with Crippen LogP contribution < -0.4 is 10.6 Å². The van der Waals surface area contributed by atoms with E-state index in [1.54, 1.807) is 6.26 Å². The Hall–Kier alpha value is -1.11. The summed E-state index contributed by atoms with van der Waals surface area (Å²) in [5.74, 6) is -0.436. The third-order valence-corrected chi connectivity index (χ3v) is 3.98. The molecule has 0 aromatic heterocycles. The van der Waals surface area contributed by atoms with Crippen LogP contribution in [0.15, 0.2) is 0 Å². The van der Waals surface area contributed by atoms with Crippen molar-refractivity contribution in [3.05, 3.63) is 0 Å². The Morgan fingerprint density at radius 2 is 1.94 bits per heavy atom. The molecule has 1 aliphatic carbocycles. The topological polar surface area (TPSA) is 95.5 Å². The van der Waals surface area contributed by atoms with E-state index in [0.717, 1.165) is 12.8 Å². The number of carbonyl (C=O) groups is 2. The van der Waals surface area contributed by atoms with E-state index in [9.17, 15) is 18.9 Å². The number of rotatable bonds is 6. The number of urea groups is 1. The number of amides is 2. The summed E-state index contributed by atoms with van der Waals surface area (Å²) in [4.78, 5) is 22.8. The Morgan fingerprint density at radius 1 is 1.33 bits per heavy atom. The van der Waals surface area contributed by atoms with E-state index in [1.807, 2.05) is 0 Å². The number of hydrogen-bond donors (Lipinski definition) is 3. The van der Waals surface area contributed by atoms with E-state index >= 15 is 0 Å². The Bertz CT molecular complexity index is 340. The van der Waals surface area contributed by atoms with Gasteiger partial charge in [0.1, 0.15) is 5.54 Å². The Balaban J connectivity index is 2.34. The van der Waals surface area contributed by atoms with Crippen molar-refractivity contribution >= 4 is 22.8 Å². The number of carboxylic acids is 1. The van der Waals surface area contributed by atoms with Crippen LogP contribution in [0.2, 0.25) is 0 Å². The Morgan fingerprint density at radius 3 is 2.44 bits per heavy atom. The van der Waals surface area contributed by atoms with Crippen LogP contribution in [0.25, 0.3) is 0 Å². The Kier molecular flexibility index (Phi) is 5.58. The highest BCUT2D eigenvalue weighted by Crippen LogP contribution is 2.29. The van der Waals surface area contributed by atoms with Gasteiger partial charge in [-0.2, -0.15) is 0 Å². The second kappa shape index (κ2) is 6.72. The minimum atomic E-state index is -1.10. The van der Waals surface area contributed by atoms with E-state index in [-0.39, 0.29) is 0 Å². The first kappa shape index (κ1) is 14.9. The van der Waals surface area contributed by atoms with Crippen LogP contribution in [-0.2, 0) is 15.6 Å². The molecule has 0 bridgehead atoms. The summed E-state index contributed by atoms with van der Waals surface area (Å²) < 4.78 is 10.8. The lowest BCUT2D eigenvalue weighted by molar-refractivity contribution is -0.144. The molecule has 0 aromatic carbocycles. The molecule has 0 saturated heterocycles. The molecule has 0 aromatic rings. The third kappa shape index (κ3) is 4.29. The summed E-state index contributed by atoms with van der Waals surface area (Å²) in [7, 11) is -0.866. The highest BCUT2D eigenvalue weighted by molar-refractivity contribution is 7.84. The van der Waals surface area contributed by atoms with Crippen LogP contribution >= 0.6 is 0 Å². The molecule has 0 spiro atoms. The first-order valence-electron chi connectivity index (χ1n) is 6.06. The highest BCUT2D eigenvalue weighted by Gasteiger charge is 2.42. The van der Waals surface area contributed by atoms with E-state index < -0.39 is 28.3 Å². The summed E-state index contributed by atoms with van der Waals surface area (Å²) in [6.07, 6.45) is 4.83. The fourth-order valence-corrected chi connectivity index (χ4v) is 2.66. The van der Waals surface area contributed by atoms with E-state index in [1.165, 1.54) is 0 Å². The molecule has 3 N–H and O–H groups in total. The largest absolute Gasteiger partial charge is 0.480 e. The van der Waals surface area contributed by atoms with Gasteiger partial charge in [-0.25, -0.2) is 9.59 Å². The first-order chi connectivity index (χ1) is 8.46. The molecule has 1 saturated carbocycles. The zero-order chi connectivity index (χ0) is 13.6. The van der Waals surface area contributed by atoms with Gasteiger partial charge in [0.2, 0.25) is 0 Å². The maximum absolute atomic E-state index is 11.6. The van der Waals surface area contributed by atoms with E-state index in [4.69, 9.17) is 0 Å². The van der Waals surface area contributed by atoms with Gasteiger partial charge in [0, 0.05) is 29.4 Å². The maximum Gasteiger partial charge on any atom is 0.329 e. The molecule has 1 fully saturated rings. The van der Waals surface area contributed by atoms with Crippen molar-refractivity contribution in [1.82, 2.24) is 10.6 Å². The van der Waals surface area contributed by atoms with Crippen LogP contribution in [-0.4, -0.2) is 45.4 Å². The molecule has 0 radical (unpaired) electrons. The maximum atomic E-state index is 11.6. The molecule has 1 unspecified atom stereocenters. The molecule has 7 heteroatoms. The van der Waals surface area contributed by atoms with Crippen molar-refractivity contribution in [2.45, 2.75) is 37.6 Å². The van der Waals surface area contributed by atoms with Gasteiger partial charge in [0.25, 0.3) is 0 Å². The monoisotopic (exact) mass is 276 g/mol. The molecule has 1 aliphatic rings. The zero-order valence-electron chi connectivity index (χ0n) is 10.5. The summed E-state index contributed by atoms with van der Waals surface area (Å²) in [5.41, 5.74) is -1.10. The lowest BCUT2D eigenvalue weighted by atomic mass is 9.98. The third-order valence-electron chi connectivity index (χ3n) is 3.11. The van der Waals surface area contributed by atoms with Gasteiger partial charge in [-0.1, -0.05) is 12.8 Å². The summed E-state index contributed by atoms with van der Waals surface area (Å²) in [6, 6.07) is -0.457. The van der Waals surface area contributed by atoms with Crippen molar-refractivity contribution in [1.29, 1.82) is 0 Å². The fourth-order valence-electron chi connectivity index (χ4n) is 2.11. The van der Waals surface area contributed by atoms with Crippen molar-refractivity contribution in [3.63, 3.8) is 0 Å². The van der Waals surface area contributed by atoms with Gasteiger partial charge in [0.05, 0.1) is 0 Å². The fraction of sp³-hybridized carbons (Fsp3) is 0.818. The molecule has 104 valence electrons. The molecular formula is C11H20N2O4S. The van der Waals surface area contributed by atoms with E-state index in [2.05, 4.69) is 10.6 Å². The van der Waals surface area contributed by atoms with Gasteiger partial charge < -0.3 is 15.7 Å². The smallest absolute Gasteiger partial charge is 0.329 e. The van der Waals surface area contributed by atoms with Crippen LogP contribution in [0.5, 0.6) is 0 Å². The normalized spacial score (nSPS) is 19.2. The second-order valence-electron chi connectivity index (χ2n) is 4.61. The number of carboxylic acid groups (broad SMARTS) is 1. The molecular weight excluding hydrogens is 256 g/mol. The number of nitrogens with one attached hydrogen (secondary N) is 2. The van der Waals surface area contributed by atoms with Crippen molar-refractivity contribution in [2.24, 2.45) is 0 Å². The average Bonchev–Trinajstić information content (AvgIpc) is 2.74. The predicted molar refractivity (Wildman–Crippen MR) is 68.9 cm³/mol. The number of hydrogen-bond acceptors (Lipinski definition) is 3. The first-order valence-corrected chi connectivity index (χ1v) is 7.78. The highest BCUT2D eigenvalue weighted by atomic mass is 32.2. The van der Waals surface area contributed by atoms with Crippen molar-refractivity contribution < 1.29 is 18.9 Å². The lowest BCUT2D eigenvalue weighted by Gasteiger charge is -2.25. The quantitative estimate of drug-likeness (QED) is 0.614. The summed E-state index contributed by atoms with van der Waals surface area (Å²) in [6.45, 7) is 0.404. The minimum absolute atomic E-state index is 0.404. The van der Waals surface area contributed by atoms with Crippen molar-refractivity contribution in [2.75, 3.05) is 18.6 Å². The summed E-state index contributed by atoms with van der Waals surface area (Å²) in [5, 5.41) is 14.3. The van der Waals surface area contributed by atoms with Gasteiger partial charge in [0.15, 0.2) is 0 Å². The lowest BCUT2D eigenvalue weighted by Crippen LogP contribution is -2.55. The number of carbonyl (C=O) groups excluding carboxylic acids is 1.